The molecule has 0 bridgehead atoms. The Bertz CT molecular complexity index is 957. The van der Waals surface area contributed by atoms with Gasteiger partial charge in [-0.15, -0.1) is 5.10 Å². The molecule has 8 nitrogen and oxygen atoms in total. The highest BCUT2D eigenvalue weighted by Gasteiger charge is 2.37. The van der Waals surface area contributed by atoms with E-state index in [1.165, 1.54) is 6.20 Å². The van der Waals surface area contributed by atoms with E-state index in [9.17, 15) is 14.7 Å². The Balaban J connectivity index is 2.24. The molecule has 2 atom stereocenters. The van der Waals surface area contributed by atoms with Crippen LogP contribution in [-0.2, 0) is 16.0 Å². The lowest BCUT2D eigenvalue weighted by Crippen LogP contribution is -2.44. The number of rotatable bonds is 12. The zero-order chi connectivity index (χ0) is 23.7. The smallest absolute Gasteiger partial charge is 0.311 e. The fourth-order valence-corrected chi connectivity index (χ4v) is 3.50. The quantitative estimate of drug-likeness (QED) is 0.414. The number of carbonyl (C=O) groups is 2. The van der Waals surface area contributed by atoms with Gasteiger partial charge in [-0.05, 0) is 56.4 Å². The second kappa shape index (κ2) is 11.6. The third kappa shape index (κ3) is 7.32. The first-order valence-corrected chi connectivity index (χ1v) is 10.6. The van der Waals surface area contributed by atoms with E-state index in [1.54, 1.807) is 13.0 Å². The first-order valence-electron chi connectivity index (χ1n) is 10.2. The van der Waals surface area contributed by atoms with E-state index in [1.807, 2.05) is 38.1 Å². The van der Waals surface area contributed by atoms with Crippen molar-refractivity contribution in [3.63, 3.8) is 0 Å². The van der Waals surface area contributed by atoms with Crippen molar-refractivity contribution in [3.05, 3.63) is 65.0 Å². The third-order valence-corrected chi connectivity index (χ3v) is 5.20. The van der Waals surface area contributed by atoms with Gasteiger partial charge in [0.2, 0.25) is 0 Å². The lowest BCUT2D eigenvalue weighted by Gasteiger charge is -2.30. The Kier molecular flexibility index (Phi) is 9.16. The van der Waals surface area contributed by atoms with E-state index in [4.69, 9.17) is 16.3 Å². The van der Waals surface area contributed by atoms with Gasteiger partial charge >= 0.3 is 5.97 Å². The van der Waals surface area contributed by atoms with Crippen LogP contribution in [0.4, 0.5) is 0 Å². The fraction of sp³-hybridized carbons (Fsp3) is 0.391. The van der Waals surface area contributed by atoms with Crippen molar-refractivity contribution in [1.29, 1.82) is 0 Å². The number of hydrogen-bond acceptors (Lipinski definition) is 5. The number of carboxylic acid groups (broad SMARTS) is 1. The van der Waals surface area contributed by atoms with Crippen LogP contribution < -0.4 is 5.32 Å². The first kappa shape index (κ1) is 25.3. The molecule has 172 valence electrons. The molecule has 0 saturated carbocycles. The van der Waals surface area contributed by atoms with Crippen LogP contribution >= 0.6 is 11.6 Å². The number of amides is 1. The van der Waals surface area contributed by atoms with Crippen molar-refractivity contribution in [2.45, 2.75) is 39.7 Å². The Morgan fingerprint density at radius 1 is 1.38 bits per heavy atom. The Labute approximate surface area is 192 Å². The molecule has 1 heterocycles. The van der Waals surface area contributed by atoms with Gasteiger partial charge in [-0.2, -0.15) is 0 Å². The molecule has 1 aromatic heterocycles. The molecule has 0 aliphatic heterocycles. The van der Waals surface area contributed by atoms with Gasteiger partial charge in [0.15, 0.2) is 5.69 Å². The zero-order valence-corrected chi connectivity index (χ0v) is 19.3. The normalized spacial score (nSPS) is 14.4. The van der Waals surface area contributed by atoms with Crippen molar-refractivity contribution >= 4 is 29.1 Å². The third-order valence-electron chi connectivity index (χ3n) is 5.09. The second-order valence-electron chi connectivity index (χ2n) is 7.91. The number of allylic oxidation sites excluding steroid dienone is 3. The number of H-pyrrole nitrogens is 1. The summed E-state index contributed by atoms with van der Waals surface area (Å²) in [6.07, 6.45) is 3.78. The number of aliphatic carboxylic acids is 1. The minimum atomic E-state index is -1.17. The number of carboxylic acids is 1. The molecule has 0 unspecified atom stereocenters. The van der Waals surface area contributed by atoms with Crippen LogP contribution in [0.2, 0.25) is 0 Å². The number of hydrogen-bond donors (Lipinski definition) is 3. The van der Waals surface area contributed by atoms with Crippen molar-refractivity contribution in [3.8, 4) is 0 Å². The molecule has 1 aromatic carbocycles. The molecule has 2 aromatic rings. The van der Waals surface area contributed by atoms with Crippen LogP contribution in [0.1, 0.15) is 48.8 Å². The molecule has 0 saturated heterocycles. The van der Waals surface area contributed by atoms with E-state index in [-0.39, 0.29) is 18.7 Å². The lowest BCUT2D eigenvalue weighted by molar-refractivity contribution is -0.152. The van der Waals surface area contributed by atoms with Crippen LogP contribution in [-0.4, -0.2) is 51.6 Å². The monoisotopic (exact) mass is 460 g/mol. The van der Waals surface area contributed by atoms with Gasteiger partial charge in [0.1, 0.15) is 0 Å². The number of halogens is 1. The van der Waals surface area contributed by atoms with E-state index in [0.717, 1.165) is 16.7 Å². The highest BCUT2D eigenvalue weighted by molar-refractivity contribution is 6.31. The molecule has 0 spiro atoms. The maximum atomic E-state index is 12.6. The maximum Gasteiger partial charge on any atom is 0.311 e. The average molecular weight is 461 g/mol. The first-order chi connectivity index (χ1) is 15.1. The number of aromatic nitrogens is 3. The molecule has 0 aliphatic carbocycles. The summed E-state index contributed by atoms with van der Waals surface area (Å²) in [4.78, 5) is 24.6. The van der Waals surface area contributed by atoms with Crippen molar-refractivity contribution in [1.82, 2.24) is 20.7 Å². The van der Waals surface area contributed by atoms with Gasteiger partial charge in [-0.1, -0.05) is 47.7 Å². The van der Waals surface area contributed by atoms with Crippen LogP contribution in [0.3, 0.4) is 0 Å². The van der Waals surface area contributed by atoms with E-state index < -0.39 is 23.3 Å². The van der Waals surface area contributed by atoms with E-state index >= 15 is 0 Å². The Morgan fingerprint density at radius 2 is 2.06 bits per heavy atom. The Morgan fingerprint density at radius 3 is 2.59 bits per heavy atom. The summed E-state index contributed by atoms with van der Waals surface area (Å²) in [5.74, 6) is -1.41. The minimum absolute atomic E-state index is 0.0421. The number of benzene rings is 1. The van der Waals surface area contributed by atoms with Gasteiger partial charge in [-0.25, -0.2) is 0 Å². The van der Waals surface area contributed by atoms with E-state index in [2.05, 4.69) is 27.3 Å². The molecule has 0 aliphatic rings. The SMILES string of the molecule is C=C(Cl)/C=C(\C)c1ccc(C[C@H](C[C@@](C)(COCC)C(=O)O)NC(=O)c2c[nH]nn2)cc1. The number of nitrogens with one attached hydrogen (secondary N) is 2. The van der Waals surface area contributed by atoms with Crippen LogP contribution in [0.15, 0.2) is 48.1 Å². The van der Waals surface area contributed by atoms with Crippen molar-refractivity contribution in [2.24, 2.45) is 5.41 Å². The summed E-state index contributed by atoms with van der Waals surface area (Å²) >= 11 is 5.86. The average Bonchev–Trinajstić information content (AvgIpc) is 3.27. The number of aromatic amines is 1. The highest BCUT2D eigenvalue weighted by atomic mass is 35.5. The van der Waals surface area contributed by atoms with Crippen molar-refractivity contribution in [2.75, 3.05) is 13.2 Å². The molecule has 0 fully saturated rings. The summed E-state index contributed by atoms with van der Waals surface area (Å²) in [7, 11) is 0. The van der Waals surface area contributed by atoms with E-state index in [0.29, 0.717) is 18.1 Å². The fourth-order valence-electron chi connectivity index (χ4n) is 3.33. The van der Waals surface area contributed by atoms with Gasteiger partial charge in [0.25, 0.3) is 5.91 Å². The van der Waals surface area contributed by atoms with Crippen molar-refractivity contribution < 1.29 is 19.4 Å². The molecule has 1 amide bonds. The second-order valence-corrected chi connectivity index (χ2v) is 8.40. The molecule has 3 N–H and O–H groups in total. The van der Waals surface area contributed by atoms with Gasteiger partial charge in [-0.3, -0.25) is 14.7 Å². The number of ether oxygens (including phenoxy) is 1. The van der Waals surface area contributed by atoms with Gasteiger partial charge < -0.3 is 15.2 Å². The largest absolute Gasteiger partial charge is 0.481 e. The zero-order valence-electron chi connectivity index (χ0n) is 18.5. The van der Waals surface area contributed by atoms with Gasteiger partial charge in [0, 0.05) is 17.7 Å². The van der Waals surface area contributed by atoms with Crippen LogP contribution in [0, 0.1) is 5.41 Å². The predicted octanol–water partition coefficient (Wildman–Crippen LogP) is 3.82. The summed E-state index contributed by atoms with van der Waals surface area (Å²) in [6, 6.07) is 7.33. The summed E-state index contributed by atoms with van der Waals surface area (Å²) in [6.45, 7) is 9.49. The maximum absolute atomic E-state index is 12.6. The Hall–Kier alpha value is -2.97. The topological polar surface area (TPSA) is 117 Å². The standard InChI is InChI=1S/C23H29ClN4O4/c1-5-32-14-23(4,22(30)31)12-19(26-21(29)20-13-25-28-27-20)11-17-6-8-18(9-7-17)15(2)10-16(3)24/h6-10,13,19H,3,5,11-12,14H2,1-2,4H3,(H,26,29)(H,30,31)(H,25,27,28)/b15-10+/t19-,23+/m1/s1. The van der Waals surface area contributed by atoms with Crippen LogP contribution in [0.25, 0.3) is 5.57 Å². The van der Waals surface area contributed by atoms with Crippen LogP contribution in [0.5, 0.6) is 0 Å². The summed E-state index contributed by atoms with van der Waals surface area (Å²) < 4.78 is 5.42. The summed E-state index contributed by atoms with van der Waals surface area (Å²) in [5, 5.41) is 22.9. The molecular formula is C23H29ClN4O4. The lowest BCUT2D eigenvalue weighted by atomic mass is 9.82. The molecule has 32 heavy (non-hydrogen) atoms. The molecular weight excluding hydrogens is 432 g/mol. The summed E-state index contributed by atoms with van der Waals surface area (Å²) in [5.41, 5.74) is 1.88. The molecule has 9 heteroatoms. The predicted molar refractivity (Wildman–Crippen MR) is 123 cm³/mol. The minimum Gasteiger partial charge on any atom is -0.481 e. The molecule has 0 radical (unpaired) electrons. The molecule has 2 rings (SSSR count). The number of carbonyl (C=O) groups excluding carboxylic acids is 1. The number of nitrogens with zero attached hydrogens (tertiary/aromatic N) is 2. The highest BCUT2D eigenvalue weighted by Crippen LogP contribution is 2.27. The van der Waals surface area contributed by atoms with Gasteiger partial charge in [0.05, 0.1) is 18.2 Å².